The molecule has 2 aromatic carbocycles. The number of rotatable bonds is 6. The van der Waals surface area contributed by atoms with E-state index in [1.165, 1.54) is 12.1 Å². The maximum absolute atomic E-state index is 13.4. The fourth-order valence-electron chi connectivity index (χ4n) is 2.00. The highest BCUT2D eigenvalue weighted by Crippen LogP contribution is 2.20. The van der Waals surface area contributed by atoms with Gasteiger partial charge in [0, 0.05) is 12.1 Å². The highest BCUT2D eigenvalue weighted by Gasteiger charge is 2.12. The van der Waals surface area contributed by atoms with Gasteiger partial charge in [-0.2, -0.15) is 0 Å². The van der Waals surface area contributed by atoms with Crippen LogP contribution in [0.25, 0.3) is 0 Å². The standard InChI is InChI=1S/C17H17ClFNO3/c1-2-23-13-6-3-11(4-7-13)17(22)20-10-16(21)12-5-8-14(18)15(19)9-12/h3-9,16,21H,2,10H2,1H3,(H,20,22). The lowest BCUT2D eigenvalue weighted by Gasteiger charge is -2.13. The second kappa shape index (κ2) is 7.94. The number of amides is 1. The monoisotopic (exact) mass is 337 g/mol. The number of hydrogen-bond acceptors (Lipinski definition) is 3. The van der Waals surface area contributed by atoms with Crippen molar-refractivity contribution in [3.05, 3.63) is 64.4 Å². The second-order valence-corrected chi connectivity index (χ2v) is 5.26. The number of carbonyl (C=O) groups is 1. The van der Waals surface area contributed by atoms with Crippen molar-refractivity contribution in [1.29, 1.82) is 0 Å². The molecule has 0 heterocycles. The quantitative estimate of drug-likeness (QED) is 0.850. The molecule has 2 rings (SSSR count). The lowest BCUT2D eigenvalue weighted by atomic mass is 10.1. The van der Waals surface area contributed by atoms with Gasteiger partial charge in [0.15, 0.2) is 0 Å². The Bertz CT molecular complexity index is 676. The summed E-state index contributed by atoms with van der Waals surface area (Å²) in [4.78, 5) is 12.0. The molecule has 4 nitrogen and oxygen atoms in total. The van der Waals surface area contributed by atoms with Crippen LogP contribution < -0.4 is 10.1 Å². The molecular formula is C17H17ClFNO3. The predicted molar refractivity (Wildman–Crippen MR) is 86.3 cm³/mol. The van der Waals surface area contributed by atoms with Gasteiger partial charge in [-0.15, -0.1) is 0 Å². The fraction of sp³-hybridized carbons (Fsp3) is 0.235. The summed E-state index contributed by atoms with van der Waals surface area (Å²) in [7, 11) is 0. The van der Waals surface area contributed by atoms with Crippen LogP contribution in [0.1, 0.15) is 28.9 Å². The summed E-state index contributed by atoms with van der Waals surface area (Å²) in [6.45, 7) is 2.39. The van der Waals surface area contributed by atoms with Crippen LogP contribution in [0.5, 0.6) is 5.75 Å². The van der Waals surface area contributed by atoms with E-state index >= 15 is 0 Å². The van der Waals surface area contributed by atoms with E-state index in [1.54, 1.807) is 24.3 Å². The molecule has 1 unspecified atom stereocenters. The number of nitrogens with one attached hydrogen (secondary N) is 1. The van der Waals surface area contributed by atoms with Crippen LogP contribution in [0.2, 0.25) is 5.02 Å². The van der Waals surface area contributed by atoms with Gasteiger partial charge in [0.25, 0.3) is 5.91 Å². The minimum Gasteiger partial charge on any atom is -0.494 e. The molecule has 0 spiro atoms. The van der Waals surface area contributed by atoms with E-state index in [1.807, 2.05) is 6.92 Å². The smallest absolute Gasteiger partial charge is 0.251 e. The first-order chi connectivity index (χ1) is 11.0. The van der Waals surface area contributed by atoms with Crippen molar-refractivity contribution in [2.24, 2.45) is 0 Å². The molecule has 0 saturated carbocycles. The van der Waals surface area contributed by atoms with Crippen LogP contribution in [0.4, 0.5) is 4.39 Å². The molecule has 1 amide bonds. The van der Waals surface area contributed by atoms with Crippen LogP contribution in [-0.4, -0.2) is 24.2 Å². The number of ether oxygens (including phenoxy) is 1. The zero-order valence-electron chi connectivity index (χ0n) is 12.6. The normalized spacial score (nSPS) is 11.8. The number of carbonyl (C=O) groups excluding carboxylic acids is 1. The third-order valence-electron chi connectivity index (χ3n) is 3.21. The van der Waals surface area contributed by atoms with Crippen LogP contribution in [0, 0.1) is 5.82 Å². The van der Waals surface area contributed by atoms with Crippen molar-refractivity contribution in [3.8, 4) is 5.75 Å². The predicted octanol–water partition coefficient (Wildman–Crippen LogP) is 3.34. The van der Waals surface area contributed by atoms with Gasteiger partial charge in [0.1, 0.15) is 11.6 Å². The van der Waals surface area contributed by atoms with E-state index in [2.05, 4.69) is 5.32 Å². The molecule has 0 radical (unpaired) electrons. The van der Waals surface area contributed by atoms with E-state index in [9.17, 15) is 14.3 Å². The molecule has 0 fully saturated rings. The zero-order chi connectivity index (χ0) is 16.8. The summed E-state index contributed by atoms with van der Waals surface area (Å²) >= 11 is 5.59. The van der Waals surface area contributed by atoms with Crippen molar-refractivity contribution in [2.45, 2.75) is 13.0 Å². The Morgan fingerprint density at radius 3 is 2.61 bits per heavy atom. The number of aliphatic hydroxyl groups is 1. The van der Waals surface area contributed by atoms with Crippen molar-refractivity contribution >= 4 is 17.5 Å². The minimum absolute atomic E-state index is 0.0145. The molecule has 6 heteroatoms. The largest absolute Gasteiger partial charge is 0.494 e. The van der Waals surface area contributed by atoms with Gasteiger partial charge in [0.05, 0.1) is 17.7 Å². The minimum atomic E-state index is -1.02. The van der Waals surface area contributed by atoms with Gasteiger partial charge in [-0.1, -0.05) is 17.7 Å². The molecule has 23 heavy (non-hydrogen) atoms. The Balaban J connectivity index is 1.93. The summed E-state index contributed by atoms with van der Waals surface area (Å²) in [6.07, 6.45) is -1.02. The van der Waals surface area contributed by atoms with Crippen molar-refractivity contribution in [2.75, 3.05) is 13.2 Å². The maximum Gasteiger partial charge on any atom is 0.251 e. The van der Waals surface area contributed by atoms with Crippen molar-refractivity contribution in [1.82, 2.24) is 5.32 Å². The first-order valence-corrected chi connectivity index (χ1v) is 7.53. The van der Waals surface area contributed by atoms with Crippen molar-refractivity contribution in [3.63, 3.8) is 0 Å². The molecule has 0 aliphatic carbocycles. The number of halogens is 2. The van der Waals surface area contributed by atoms with E-state index in [0.717, 1.165) is 6.07 Å². The summed E-state index contributed by atoms with van der Waals surface area (Å²) in [6, 6.07) is 10.7. The SMILES string of the molecule is CCOc1ccc(C(=O)NCC(O)c2ccc(Cl)c(F)c2)cc1. The molecule has 0 aromatic heterocycles. The zero-order valence-corrected chi connectivity index (χ0v) is 13.3. The number of hydrogen-bond donors (Lipinski definition) is 2. The summed E-state index contributed by atoms with van der Waals surface area (Å²) < 4.78 is 18.7. The third kappa shape index (κ3) is 4.68. The molecule has 0 saturated heterocycles. The third-order valence-corrected chi connectivity index (χ3v) is 3.52. The topological polar surface area (TPSA) is 58.6 Å². The molecular weight excluding hydrogens is 321 g/mol. The van der Waals surface area contributed by atoms with Crippen LogP contribution in [0.3, 0.4) is 0 Å². The lowest BCUT2D eigenvalue weighted by Crippen LogP contribution is -2.28. The Morgan fingerprint density at radius 2 is 2.00 bits per heavy atom. The average Bonchev–Trinajstić information content (AvgIpc) is 2.56. The molecule has 0 bridgehead atoms. The van der Waals surface area contributed by atoms with E-state index in [0.29, 0.717) is 23.5 Å². The fourth-order valence-corrected chi connectivity index (χ4v) is 2.12. The van der Waals surface area contributed by atoms with Gasteiger partial charge in [-0.25, -0.2) is 4.39 Å². The Kier molecular flexibility index (Phi) is 5.96. The molecule has 2 aromatic rings. The average molecular weight is 338 g/mol. The van der Waals surface area contributed by atoms with Crippen molar-refractivity contribution < 1.29 is 19.0 Å². The number of benzene rings is 2. The van der Waals surface area contributed by atoms with Gasteiger partial charge >= 0.3 is 0 Å². The van der Waals surface area contributed by atoms with Crippen LogP contribution in [0.15, 0.2) is 42.5 Å². The molecule has 2 N–H and O–H groups in total. The number of aliphatic hydroxyl groups excluding tert-OH is 1. The summed E-state index contributed by atoms with van der Waals surface area (Å²) in [5.74, 6) is -0.261. The van der Waals surface area contributed by atoms with Gasteiger partial charge in [-0.3, -0.25) is 4.79 Å². The van der Waals surface area contributed by atoms with E-state index < -0.39 is 11.9 Å². The maximum atomic E-state index is 13.4. The van der Waals surface area contributed by atoms with Crippen LogP contribution in [-0.2, 0) is 0 Å². The molecule has 0 aliphatic heterocycles. The van der Waals surface area contributed by atoms with E-state index in [4.69, 9.17) is 16.3 Å². The van der Waals surface area contributed by atoms with Crippen LogP contribution >= 0.6 is 11.6 Å². The Morgan fingerprint density at radius 1 is 1.30 bits per heavy atom. The van der Waals surface area contributed by atoms with Gasteiger partial charge in [-0.05, 0) is 48.9 Å². The summed E-state index contributed by atoms with van der Waals surface area (Å²) in [5, 5.41) is 12.6. The first-order valence-electron chi connectivity index (χ1n) is 7.15. The molecule has 0 aliphatic rings. The second-order valence-electron chi connectivity index (χ2n) is 4.86. The molecule has 1 atom stereocenters. The first kappa shape index (κ1) is 17.2. The highest BCUT2D eigenvalue weighted by molar-refractivity contribution is 6.30. The highest BCUT2D eigenvalue weighted by atomic mass is 35.5. The molecule has 122 valence electrons. The summed E-state index contributed by atoms with van der Waals surface area (Å²) in [5.41, 5.74) is 0.793. The van der Waals surface area contributed by atoms with Gasteiger partial charge in [0.2, 0.25) is 0 Å². The van der Waals surface area contributed by atoms with Gasteiger partial charge < -0.3 is 15.2 Å². The Labute approximate surface area is 138 Å². The Hall–Kier alpha value is -2.11. The lowest BCUT2D eigenvalue weighted by molar-refractivity contribution is 0.0916. The van der Waals surface area contributed by atoms with E-state index in [-0.39, 0.29) is 17.5 Å².